The summed E-state index contributed by atoms with van der Waals surface area (Å²) in [6.45, 7) is 4.25. The first-order chi connectivity index (χ1) is 9.15. The molecule has 100 valence electrons. The lowest BCUT2D eigenvalue weighted by atomic mass is 10.1. The smallest absolute Gasteiger partial charge is 0.0651 e. The van der Waals surface area contributed by atoms with Crippen LogP contribution in [0.1, 0.15) is 25.0 Å². The molecule has 3 nitrogen and oxygen atoms in total. The topological polar surface area (TPSA) is 64.1 Å². The molecule has 0 heterocycles. The second-order valence-electron chi connectivity index (χ2n) is 4.63. The fourth-order valence-electron chi connectivity index (χ4n) is 2.27. The third-order valence-electron chi connectivity index (χ3n) is 3.31. The lowest BCUT2D eigenvalue weighted by Gasteiger charge is -2.17. The maximum Gasteiger partial charge on any atom is 0.0651 e. The predicted molar refractivity (Wildman–Crippen MR) is 83.7 cm³/mol. The molecule has 2 rings (SSSR count). The van der Waals surface area contributed by atoms with Gasteiger partial charge in [-0.25, -0.2) is 0 Å². The summed E-state index contributed by atoms with van der Waals surface area (Å²) in [6.07, 6.45) is 1.88. The molecular weight excluding hydrogens is 234 g/mol. The van der Waals surface area contributed by atoms with E-state index in [9.17, 15) is 0 Å². The molecule has 0 aromatic heterocycles. The average Bonchev–Trinajstić information content (AvgIpc) is 2.42. The van der Waals surface area contributed by atoms with E-state index in [1.807, 2.05) is 12.1 Å². The molecule has 2 aromatic rings. The van der Waals surface area contributed by atoms with E-state index in [-0.39, 0.29) is 0 Å². The Morgan fingerprint density at radius 1 is 0.947 bits per heavy atom. The molecule has 0 atom stereocenters. The van der Waals surface area contributed by atoms with Gasteiger partial charge in [0.25, 0.3) is 0 Å². The van der Waals surface area contributed by atoms with Gasteiger partial charge in [0, 0.05) is 11.4 Å². The minimum Gasteiger partial charge on any atom is -0.399 e. The van der Waals surface area contributed by atoms with Gasteiger partial charge in [-0.15, -0.1) is 0 Å². The van der Waals surface area contributed by atoms with Crippen molar-refractivity contribution in [1.82, 2.24) is 0 Å². The fourth-order valence-corrected chi connectivity index (χ4v) is 2.27. The molecule has 0 fully saturated rings. The Hall–Kier alpha value is -2.16. The fraction of sp³-hybridized carbons (Fsp3) is 0.250. The SMILES string of the molecule is CCc1ccccc1Nc1c(N)cc(N)cc1CC. The van der Waals surface area contributed by atoms with Crippen LogP contribution in [0.2, 0.25) is 0 Å². The zero-order valence-electron chi connectivity index (χ0n) is 11.5. The average molecular weight is 255 g/mol. The van der Waals surface area contributed by atoms with Gasteiger partial charge in [0.15, 0.2) is 0 Å². The molecule has 0 aliphatic carbocycles. The summed E-state index contributed by atoms with van der Waals surface area (Å²) in [5.41, 5.74) is 17.8. The molecule has 0 bridgehead atoms. The molecule has 0 spiro atoms. The van der Waals surface area contributed by atoms with Crippen LogP contribution in [0.4, 0.5) is 22.7 Å². The quantitative estimate of drug-likeness (QED) is 0.729. The van der Waals surface area contributed by atoms with E-state index in [2.05, 4.69) is 37.4 Å². The molecule has 0 saturated heterocycles. The third-order valence-corrected chi connectivity index (χ3v) is 3.31. The number of aryl methyl sites for hydroxylation is 2. The number of para-hydroxylation sites is 1. The summed E-state index contributed by atoms with van der Waals surface area (Å²) >= 11 is 0. The highest BCUT2D eigenvalue weighted by atomic mass is 14.9. The largest absolute Gasteiger partial charge is 0.399 e. The van der Waals surface area contributed by atoms with Crippen LogP contribution >= 0.6 is 0 Å². The molecular formula is C16H21N3. The van der Waals surface area contributed by atoms with Crippen molar-refractivity contribution >= 4 is 22.7 Å². The molecule has 5 N–H and O–H groups in total. The van der Waals surface area contributed by atoms with Crippen LogP contribution in [0.25, 0.3) is 0 Å². The van der Waals surface area contributed by atoms with Crippen molar-refractivity contribution in [3.05, 3.63) is 47.5 Å². The number of anilines is 4. The minimum atomic E-state index is 0.697. The molecule has 0 radical (unpaired) electrons. The highest BCUT2D eigenvalue weighted by molar-refractivity contribution is 5.80. The lowest BCUT2D eigenvalue weighted by Crippen LogP contribution is -2.03. The highest BCUT2D eigenvalue weighted by Gasteiger charge is 2.08. The zero-order chi connectivity index (χ0) is 13.8. The van der Waals surface area contributed by atoms with Gasteiger partial charge in [-0.1, -0.05) is 32.0 Å². The monoisotopic (exact) mass is 255 g/mol. The van der Waals surface area contributed by atoms with Crippen molar-refractivity contribution in [1.29, 1.82) is 0 Å². The van der Waals surface area contributed by atoms with Crippen LogP contribution in [0.15, 0.2) is 36.4 Å². The van der Waals surface area contributed by atoms with E-state index < -0.39 is 0 Å². The van der Waals surface area contributed by atoms with Crippen molar-refractivity contribution in [2.24, 2.45) is 0 Å². The summed E-state index contributed by atoms with van der Waals surface area (Å²) < 4.78 is 0. The Balaban J connectivity index is 2.43. The van der Waals surface area contributed by atoms with Crippen LogP contribution in [0, 0.1) is 0 Å². The number of hydrogen-bond donors (Lipinski definition) is 3. The van der Waals surface area contributed by atoms with E-state index in [4.69, 9.17) is 11.5 Å². The maximum atomic E-state index is 6.09. The number of nitrogens with one attached hydrogen (secondary N) is 1. The molecule has 2 aromatic carbocycles. The van der Waals surface area contributed by atoms with Crippen molar-refractivity contribution in [2.75, 3.05) is 16.8 Å². The molecule has 0 amide bonds. The number of nitrogens with two attached hydrogens (primary N) is 2. The number of hydrogen-bond acceptors (Lipinski definition) is 3. The first-order valence-corrected chi connectivity index (χ1v) is 6.68. The molecule has 0 aliphatic heterocycles. The van der Waals surface area contributed by atoms with Crippen molar-refractivity contribution < 1.29 is 0 Å². The molecule has 0 aliphatic rings. The second kappa shape index (κ2) is 5.65. The predicted octanol–water partition coefficient (Wildman–Crippen LogP) is 3.72. The summed E-state index contributed by atoms with van der Waals surface area (Å²) in [7, 11) is 0. The van der Waals surface area contributed by atoms with Crippen molar-refractivity contribution in [3.63, 3.8) is 0 Å². The van der Waals surface area contributed by atoms with E-state index in [1.54, 1.807) is 6.07 Å². The lowest BCUT2D eigenvalue weighted by molar-refractivity contribution is 1.13. The summed E-state index contributed by atoms with van der Waals surface area (Å²) in [5.74, 6) is 0. The Kier molecular flexibility index (Phi) is 3.95. The normalized spacial score (nSPS) is 10.4. The Bertz CT molecular complexity index is 576. The van der Waals surface area contributed by atoms with Gasteiger partial charge in [-0.05, 0) is 42.2 Å². The second-order valence-corrected chi connectivity index (χ2v) is 4.63. The maximum absolute atomic E-state index is 6.09. The minimum absolute atomic E-state index is 0.697. The molecule has 0 saturated carbocycles. The molecule has 19 heavy (non-hydrogen) atoms. The first kappa shape index (κ1) is 13.3. The van der Waals surface area contributed by atoms with Gasteiger partial charge in [-0.2, -0.15) is 0 Å². The van der Waals surface area contributed by atoms with Gasteiger partial charge >= 0.3 is 0 Å². The van der Waals surface area contributed by atoms with Gasteiger partial charge in [0.1, 0.15) is 0 Å². The highest BCUT2D eigenvalue weighted by Crippen LogP contribution is 2.31. The zero-order valence-corrected chi connectivity index (χ0v) is 11.5. The number of benzene rings is 2. The summed E-state index contributed by atoms with van der Waals surface area (Å²) in [5, 5.41) is 3.46. The van der Waals surface area contributed by atoms with E-state index in [0.717, 1.165) is 29.8 Å². The number of nitrogen functional groups attached to an aromatic ring is 2. The van der Waals surface area contributed by atoms with Crippen LogP contribution in [-0.2, 0) is 12.8 Å². The Labute approximate surface area is 114 Å². The van der Waals surface area contributed by atoms with Crippen LogP contribution in [0.3, 0.4) is 0 Å². The van der Waals surface area contributed by atoms with Gasteiger partial charge < -0.3 is 16.8 Å². The third kappa shape index (κ3) is 2.81. The van der Waals surface area contributed by atoms with Crippen molar-refractivity contribution in [2.45, 2.75) is 26.7 Å². The Morgan fingerprint density at radius 2 is 1.63 bits per heavy atom. The van der Waals surface area contributed by atoms with E-state index in [1.165, 1.54) is 5.56 Å². The summed E-state index contributed by atoms with van der Waals surface area (Å²) in [6, 6.07) is 12.1. The van der Waals surface area contributed by atoms with Crippen LogP contribution < -0.4 is 16.8 Å². The molecule has 0 unspecified atom stereocenters. The van der Waals surface area contributed by atoms with Crippen molar-refractivity contribution in [3.8, 4) is 0 Å². The first-order valence-electron chi connectivity index (χ1n) is 6.68. The Morgan fingerprint density at radius 3 is 2.32 bits per heavy atom. The van der Waals surface area contributed by atoms with E-state index in [0.29, 0.717) is 11.4 Å². The van der Waals surface area contributed by atoms with Crippen LogP contribution in [-0.4, -0.2) is 0 Å². The summed E-state index contributed by atoms with van der Waals surface area (Å²) in [4.78, 5) is 0. The van der Waals surface area contributed by atoms with Gasteiger partial charge in [0.05, 0.1) is 11.4 Å². The number of rotatable bonds is 4. The van der Waals surface area contributed by atoms with Gasteiger partial charge in [0.2, 0.25) is 0 Å². The molecule has 3 heteroatoms. The standard InChI is InChI=1S/C16H21N3/c1-3-11-7-5-6-8-15(11)19-16-12(4-2)9-13(17)10-14(16)18/h5-10,19H,3-4,17-18H2,1-2H3. The van der Waals surface area contributed by atoms with Gasteiger partial charge in [-0.3, -0.25) is 0 Å². The van der Waals surface area contributed by atoms with E-state index >= 15 is 0 Å². The van der Waals surface area contributed by atoms with Crippen LogP contribution in [0.5, 0.6) is 0 Å².